The number of hydrogen-bond acceptors (Lipinski definition) is 5. The van der Waals surface area contributed by atoms with Crippen LogP contribution in [0.3, 0.4) is 0 Å². The summed E-state index contributed by atoms with van der Waals surface area (Å²) in [4.78, 5) is 4.41. The molecule has 0 aliphatic heterocycles. The van der Waals surface area contributed by atoms with E-state index >= 15 is 0 Å². The molecule has 0 spiro atoms. The van der Waals surface area contributed by atoms with Crippen LogP contribution in [0.2, 0.25) is 0 Å². The van der Waals surface area contributed by atoms with E-state index in [-0.39, 0.29) is 0 Å². The Kier molecular flexibility index (Phi) is 3.98. The van der Waals surface area contributed by atoms with Crippen molar-refractivity contribution < 1.29 is 13.6 Å². The fourth-order valence-corrected chi connectivity index (χ4v) is 2.18. The van der Waals surface area contributed by atoms with Gasteiger partial charge in [-0.1, -0.05) is 6.08 Å². The number of nitriles is 1. The van der Waals surface area contributed by atoms with Crippen molar-refractivity contribution in [3.05, 3.63) is 65.6 Å². The maximum absolute atomic E-state index is 8.94. The third-order valence-electron chi connectivity index (χ3n) is 3.32. The summed E-state index contributed by atoms with van der Waals surface area (Å²) < 4.78 is 16.4. The summed E-state index contributed by atoms with van der Waals surface area (Å²) in [6, 6.07) is 12.7. The lowest BCUT2D eigenvalue weighted by Gasteiger charge is -1.96. The van der Waals surface area contributed by atoms with Crippen molar-refractivity contribution in [1.29, 1.82) is 5.26 Å². The highest BCUT2D eigenvalue weighted by Crippen LogP contribution is 2.28. The molecule has 0 radical (unpaired) electrons. The molecule has 0 aliphatic rings. The lowest BCUT2D eigenvalue weighted by Crippen LogP contribution is -2.00. The topological polar surface area (TPSA) is 71.7 Å². The molecule has 0 amide bonds. The van der Waals surface area contributed by atoms with E-state index in [0.717, 1.165) is 16.7 Å². The Morgan fingerprint density at radius 3 is 2.87 bits per heavy atom. The molecular formula is C18H14N2O3. The summed E-state index contributed by atoms with van der Waals surface area (Å²) in [5.74, 6) is 1.38. The van der Waals surface area contributed by atoms with E-state index in [1.807, 2.05) is 37.3 Å². The van der Waals surface area contributed by atoms with Crippen LogP contribution in [0.1, 0.15) is 18.2 Å². The minimum Gasteiger partial charge on any atom is -0.497 e. The smallest absolute Gasteiger partial charge is 0.220 e. The van der Waals surface area contributed by atoms with Crippen LogP contribution in [-0.2, 0) is 0 Å². The SMILES string of the molecule is C/C=C(\N=c1cc(C#N)cco1)c1cc2cc(OC)ccc2o1. The maximum Gasteiger partial charge on any atom is 0.220 e. The van der Waals surface area contributed by atoms with Gasteiger partial charge in [-0.25, -0.2) is 4.99 Å². The highest BCUT2D eigenvalue weighted by molar-refractivity contribution is 5.83. The van der Waals surface area contributed by atoms with E-state index in [1.165, 1.54) is 6.26 Å². The predicted octanol–water partition coefficient (Wildman–Crippen LogP) is 3.87. The van der Waals surface area contributed by atoms with Gasteiger partial charge in [0.2, 0.25) is 5.55 Å². The minimum atomic E-state index is 0.343. The molecule has 0 saturated carbocycles. The zero-order valence-electron chi connectivity index (χ0n) is 12.7. The largest absolute Gasteiger partial charge is 0.497 e. The maximum atomic E-state index is 8.94. The number of ether oxygens (including phenoxy) is 1. The van der Waals surface area contributed by atoms with Gasteiger partial charge in [0.25, 0.3) is 0 Å². The van der Waals surface area contributed by atoms with Crippen molar-refractivity contribution in [2.45, 2.75) is 6.92 Å². The normalized spacial score (nSPS) is 12.4. The first-order valence-corrected chi connectivity index (χ1v) is 7.01. The first kappa shape index (κ1) is 14.7. The van der Waals surface area contributed by atoms with Crippen LogP contribution in [0.15, 0.2) is 62.6 Å². The fraction of sp³-hybridized carbons (Fsp3) is 0.111. The second kappa shape index (κ2) is 6.24. The van der Waals surface area contributed by atoms with Crippen LogP contribution in [0.25, 0.3) is 16.7 Å². The zero-order valence-corrected chi connectivity index (χ0v) is 12.7. The Bertz CT molecular complexity index is 987. The number of nitrogens with zero attached hydrogens (tertiary/aromatic N) is 2. The van der Waals surface area contributed by atoms with Crippen molar-refractivity contribution in [3.8, 4) is 11.8 Å². The summed E-state index contributed by atoms with van der Waals surface area (Å²) in [6.07, 6.45) is 3.26. The summed E-state index contributed by atoms with van der Waals surface area (Å²) in [7, 11) is 1.62. The number of allylic oxidation sites excluding steroid dienone is 1. The quantitative estimate of drug-likeness (QED) is 0.736. The van der Waals surface area contributed by atoms with Crippen LogP contribution < -0.4 is 10.3 Å². The molecule has 5 nitrogen and oxygen atoms in total. The van der Waals surface area contributed by atoms with Gasteiger partial charge < -0.3 is 13.6 Å². The van der Waals surface area contributed by atoms with Crippen molar-refractivity contribution in [2.24, 2.45) is 4.99 Å². The molecule has 0 aliphatic carbocycles. The van der Waals surface area contributed by atoms with Gasteiger partial charge in [-0.15, -0.1) is 0 Å². The first-order chi connectivity index (χ1) is 11.2. The lowest BCUT2D eigenvalue weighted by atomic mass is 10.2. The summed E-state index contributed by atoms with van der Waals surface area (Å²) in [6.45, 7) is 1.86. The van der Waals surface area contributed by atoms with Crippen molar-refractivity contribution in [3.63, 3.8) is 0 Å². The van der Waals surface area contributed by atoms with Crippen LogP contribution >= 0.6 is 0 Å². The van der Waals surface area contributed by atoms with E-state index in [2.05, 4.69) is 11.1 Å². The molecule has 0 unspecified atom stereocenters. The van der Waals surface area contributed by atoms with E-state index in [1.54, 1.807) is 19.2 Å². The molecule has 2 aromatic heterocycles. The van der Waals surface area contributed by atoms with Gasteiger partial charge in [0.05, 0.1) is 25.0 Å². The average Bonchev–Trinajstić information content (AvgIpc) is 3.02. The fourth-order valence-electron chi connectivity index (χ4n) is 2.18. The zero-order chi connectivity index (χ0) is 16.2. The molecule has 0 atom stereocenters. The molecule has 23 heavy (non-hydrogen) atoms. The Balaban J connectivity index is 2.06. The first-order valence-electron chi connectivity index (χ1n) is 7.01. The third-order valence-corrected chi connectivity index (χ3v) is 3.32. The second-order valence-corrected chi connectivity index (χ2v) is 4.77. The monoisotopic (exact) mass is 306 g/mol. The van der Waals surface area contributed by atoms with Crippen LogP contribution in [0.4, 0.5) is 0 Å². The molecule has 0 saturated heterocycles. The Morgan fingerprint density at radius 2 is 2.13 bits per heavy atom. The Morgan fingerprint density at radius 1 is 1.26 bits per heavy atom. The summed E-state index contributed by atoms with van der Waals surface area (Å²) in [5, 5.41) is 9.86. The Hall–Kier alpha value is -3.26. The second-order valence-electron chi connectivity index (χ2n) is 4.77. The number of furan rings is 1. The molecule has 5 heteroatoms. The van der Waals surface area contributed by atoms with Crippen LogP contribution in [0.5, 0.6) is 5.75 Å². The molecule has 1 aromatic carbocycles. The molecule has 0 N–H and O–H groups in total. The van der Waals surface area contributed by atoms with Gasteiger partial charge in [-0.2, -0.15) is 5.26 Å². The van der Waals surface area contributed by atoms with Crippen LogP contribution in [-0.4, -0.2) is 7.11 Å². The molecule has 3 aromatic rings. The average molecular weight is 306 g/mol. The lowest BCUT2D eigenvalue weighted by molar-refractivity contribution is 0.415. The number of fused-ring (bicyclic) bond motifs is 1. The van der Waals surface area contributed by atoms with E-state index in [0.29, 0.717) is 22.6 Å². The highest BCUT2D eigenvalue weighted by Gasteiger charge is 2.09. The predicted molar refractivity (Wildman–Crippen MR) is 85.4 cm³/mol. The van der Waals surface area contributed by atoms with Gasteiger partial charge in [-0.3, -0.25) is 0 Å². The third kappa shape index (κ3) is 3.01. The Labute approximate surface area is 132 Å². The van der Waals surface area contributed by atoms with Crippen molar-refractivity contribution in [1.82, 2.24) is 0 Å². The van der Waals surface area contributed by atoms with Gasteiger partial charge in [0.1, 0.15) is 17.0 Å². The number of hydrogen-bond donors (Lipinski definition) is 0. The van der Waals surface area contributed by atoms with Gasteiger partial charge in [-0.05, 0) is 37.3 Å². The van der Waals surface area contributed by atoms with Crippen molar-refractivity contribution >= 4 is 16.7 Å². The minimum absolute atomic E-state index is 0.343. The standard InChI is InChI=1S/C18H14N2O3/c1-3-15(20-18-8-12(11-19)6-7-22-18)17-10-13-9-14(21-2)4-5-16(13)23-17/h3-10H,1-2H3/b15-3-,20-18?. The molecule has 114 valence electrons. The van der Waals surface area contributed by atoms with E-state index in [4.69, 9.17) is 18.8 Å². The number of rotatable bonds is 3. The molecule has 0 fully saturated rings. The van der Waals surface area contributed by atoms with Gasteiger partial charge in [0, 0.05) is 11.5 Å². The van der Waals surface area contributed by atoms with Gasteiger partial charge >= 0.3 is 0 Å². The van der Waals surface area contributed by atoms with E-state index < -0.39 is 0 Å². The molecule has 2 heterocycles. The molecular weight excluding hydrogens is 292 g/mol. The summed E-state index contributed by atoms with van der Waals surface area (Å²) in [5.41, 5.74) is 2.20. The summed E-state index contributed by atoms with van der Waals surface area (Å²) >= 11 is 0. The highest BCUT2D eigenvalue weighted by atomic mass is 16.5. The van der Waals surface area contributed by atoms with Gasteiger partial charge in [0.15, 0.2) is 5.76 Å². The molecule has 3 rings (SSSR count). The van der Waals surface area contributed by atoms with Crippen LogP contribution in [0, 0.1) is 11.3 Å². The number of benzene rings is 1. The number of methoxy groups -OCH3 is 1. The van der Waals surface area contributed by atoms with Crippen molar-refractivity contribution in [2.75, 3.05) is 7.11 Å². The molecule has 0 bridgehead atoms. The van der Waals surface area contributed by atoms with E-state index in [9.17, 15) is 0 Å².